The van der Waals surface area contributed by atoms with E-state index in [1.807, 2.05) is 79.7 Å². The second-order valence-corrected chi connectivity index (χ2v) is 12.4. The molecule has 48 heavy (non-hydrogen) atoms. The molecule has 5 aromatic carbocycles. The van der Waals surface area contributed by atoms with Crippen molar-refractivity contribution in [3.8, 4) is 22.6 Å². The van der Waals surface area contributed by atoms with Crippen molar-refractivity contribution >= 4 is 46.9 Å². The Morgan fingerprint density at radius 3 is 2.02 bits per heavy atom. The second-order valence-electron chi connectivity index (χ2n) is 11.0. The zero-order valence-corrected chi connectivity index (χ0v) is 27.0. The van der Waals surface area contributed by atoms with Gasteiger partial charge in [0, 0.05) is 27.9 Å². The largest absolute Gasteiger partial charge is 0.486 e. The third kappa shape index (κ3) is 8.31. The highest BCUT2D eigenvalue weighted by atomic mass is 32.2. The van der Waals surface area contributed by atoms with E-state index in [1.165, 1.54) is 11.8 Å². The van der Waals surface area contributed by atoms with Gasteiger partial charge in [0.15, 0.2) is 11.5 Å². The van der Waals surface area contributed by atoms with E-state index in [4.69, 9.17) is 9.47 Å². The van der Waals surface area contributed by atoms with Crippen LogP contribution in [0.3, 0.4) is 0 Å². The van der Waals surface area contributed by atoms with Crippen LogP contribution < -0.4 is 25.4 Å². The molecule has 9 heteroatoms. The first kappa shape index (κ1) is 32.2. The average Bonchev–Trinajstić information content (AvgIpc) is 3.13. The quantitative estimate of drug-likeness (QED) is 0.105. The van der Waals surface area contributed by atoms with Gasteiger partial charge in [-0.05, 0) is 78.2 Å². The summed E-state index contributed by atoms with van der Waals surface area (Å²) in [6, 6.07) is 39.0. The maximum absolute atomic E-state index is 13.5. The first-order valence-corrected chi connectivity index (χ1v) is 16.3. The van der Waals surface area contributed by atoms with Crippen LogP contribution in [-0.4, -0.2) is 36.2 Å². The number of carbonyl (C=O) groups is 3. The van der Waals surface area contributed by atoms with E-state index in [0.717, 1.165) is 21.6 Å². The first-order valence-electron chi connectivity index (χ1n) is 15.4. The number of hydrogen-bond acceptors (Lipinski definition) is 6. The molecule has 0 fully saturated rings. The van der Waals surface area contributed by atoms with Gasteiger partial charge in [-0.3, -0.25) is 14.4 Å². The number of carbonyl (C=O) groups excluding carboxylic acids is 3. The number of rotatable bonds is 10. The standard InChI is InChI=1S/C39H33N3O5S/c1-26(37(43)41-32-18-21-35-36(25-32)47-23-22-46-35)48-33-19-16-31(17-20-33)40-39(45)34(42-38(44)30-10-6-3-7-11-30)24-27-12-14-29(15-13-27)28-8-4-2-5-9-28/h2-21,24-26H,22-23H2,1H3,(H,40,45)(H,41,43)(H,42,44)/b34-24-. The minimum absolute atomic E-state index is 0.0965. The zero-order chi connectivity index (χ0) is 33.3. The molecule has 0 radical (unpaired) electrons. The molecule has 6 rings (SSSR count). The summed E-state index contributed by atoms with van der Waals surface area (Å²) in [5.41, 5.74) is 4.58. The molecule has 8 nitrogen and oxygen atoms in total. The van der Waals surface area contributed by atoms with Gasteiger partial charge < -0.3 is 25.4 Å². The van der Waals surface area contributed by atoms with Gasteiger partial charge in [-0.1, -0.05) is 72.8 Å². The van der Waals surface area contributed by atoms with Crippen molar-refractivity contribution in [1.29, 1.82) is 0 Å². The van der Waals surface area contributed by atoms with Gasteiger partial charge in [-0.15, -0.1) is 11.8 Å². The van der Waals surface area contributed by atoms with Crippen LogP contribution in [0.1, 0.15) is 22.8 Å². The van der Waals surface area contributed by atoms with Crippen molar-refractivity contribution in [3.63, 3.8) is 0 Å². The van der Waals surface area contributed by atoms with E-state index in [-0.39, 0.29) is 11.6 Å². The Balaban J connectivity index is 1.12. The summed E-state index contributed by atoms with van der Waals surface area (Å²) >= 11 is 1.39. The third-order valence-corrected chi connectivity index (χ3v) is 8.57. The molecule has 1 atom stereocenters. The van der Waals surface area contributed by atoms with Crippen molar-refractivity contribution in [2.75, 3.05) is 23.8 Å². The van der Waals surface area contributed by atoms with Gasteiger partial charge in [0.05, 0.1) is 5.25 Å². The van der Waals surface area contributed by atoms with Crippen molar-refractivity contribution in [2.45, 2.75) is 17.1 Å². The number of nitrogens with one attached hydrogen (secondary N) is 3. The topological polar surface area (TPSA) is 106 Å². The average molecular weight is 656 g/mol. The summed E-state index contributed by atoms with van der Waals surface area (Å²) in [7, 11) is 0. The molecule has 0 spiro atoms. The number of benzene rings is 5. The lowest BCUT2D eigenvalue weighted by atomic mass is 10.0. The van der Waals surface area contributed by atoms with Crippen LogP contribution in [0.5, 0.6) is 11.5 Å². The minimum Gasteiger partial charge on any atom is -0.486 e. The lowest BCUT2D eigenvalue weighted by Crippen LogP contribution is -2.30. The highest BCUT2D eigenvalue weighted by Crippen LogP contribution is 2.33. The van der Waals surface area contributed by atoms with Crippen LogP contribution >= 0.6 is 11.8 Å². The summed E-state index contributed by atoms with van der Waals surface area (Å²) in [5, 5.41) is 8.20. The SMILES string of the molecule is CC(Sc1ccc(NC(=O)/C(=C/c2ccc(-c3ccccc3)cc2)NC(=O)c2ccccc2)cc1)C(=O)Nc1ccc2c(c1)OCCO2. The van der Waals surface area contributed by atoms with Crippen molar-refractivity contribution in [3.05, 3.63) is 144 Å². The summed E-state index contributed by atoms with van der Waals surface area (Å²) in [6.45, 7) is 2.80. The van der Waals surface area contributed by atoms with Crippen LogP contribution in [0.4, 0.5) is 11.4 Å². The van der Waals surface area contributed by atoms with E-state index in [9.17, 15) is 14.4 Å². The molecule has 1 heterocycles. The third-order valence-electron chi connectivity index (χ3n) is 7.46. The Kier molecular flexibility index (Phi) is 10.2. The van der Waals surface area contributed by atoms with Gasteiger partial charge in [0.2, 0.25) is 5.91 Å². The summed E-state index contributed by atoms with van der Waals surface area (Å²) in [4.78, 5) is 40.3. The predicted octanol–water partition coefficient (Wildman–Crippen LogP) is 7.65. The van der Waals surface area contributed by atoms with Crippen molar-refractivity contribution in [1.82, 2.24) is 5.32 Å². The Labute approximate surface area is 283 Å². The minimum atomic E-state index is -0.473. The van der Waals surface area contributed by atoms with Crippen LogP contribution in [0, 0.1) is 0 Å². The molecule has 0 aromatic heterocycles. The van der Waals surface area contributed by atoms with E-state index < -0.39 is 17.1 Å². The van der Waals surface area contributed by atoms with Crippen LogP contribution in [0.2, 0.25) is 0 Å². The number of amides is 3. The molecule has 0 saturated heterocycles. The molecule has 240 valence electrons. The molecule has 1 unspecified atom stereocenters. The van der Waals surface area contributed by atoms with Gasteiger partial charge in [0.25, 0.3) is 11.8 Å². The molecular formula is C39H33N3O5S. The van der Waals surface area contributed by atoms with Crippen LogP contribution in [-0.2, 0) is 9.59 Å². The normalized spacial score (nSPS) is 12.8. The Hall–Kier alpha value is -5.80. The van der Waals surface area contributed by atoms with Gasteiger partial charge >= 0.3 is 0 Å². The van der Waals surface area contributed by atoms with E-state index >= 15 is 0 Å². The zero-order valence-electron chi connectivity index (χ0n) is 26.1. The van der Waals surface area contributed by atoms with Gasteiger partial charge in [-0.2, -0.15) is 0 Å². The maximum atomic E-state index is 13.5. The fourth-order valence-corrected chi connectivity index (χ4v) is 5.82. The van der Waals surface area contributed by atoms with E-state index in [2.05, 4.69) is 16.0 Å². The number of ether oxygens (including phenoxy) is 2. The number of hydrogen-bond donors (Lipinski definition) is 3. The maximum Gasteiger partial charge on any atom is 0.272 e. The fraction of sp³-hybridized carbons (Fsp3) is 0.103. The second kappa shape index (κ2) is 15.2. The predicted molar refractivity (Wildman–Crippen MR) is 190 cm³/mol. The summed E-state index contributed by atoms with van der Waals surface area (Å²) in [5.74, 6) is 0.241. The van der Waals surface area contributed by atoms with E-state index in [0.29, 0.717) is 41.7 Å². The summed E-state index contributed by atoms with van der Waals surface area (Å²) < 4.78 is 11.2. The lowest BCUT2D eigenvalue weighted by Gasteiger charge is -2.19. The smallest absolute Gasteiger partial charge is 0.272 e. The Morgan fingerprint density at radius 2 is 1.31 bits per heavy atom. The fourth-order valence-electron chi connectivity index (χ4n) is 4.95. The Morgan fingerprint density at radius 1 is 0.688 bits per heavy atom. The molecule has 5 aromatic rings. The molecular weight excluding hydrogens is 623 g/mol. The Bertz CT molecular complexity index is 1930. The van der Waals surface area contributed by atoms with Gasteiger partial charge in [-0.25, -0.2) is 0 Å². The highest BCUT2D eigenvalue weighted by molar-refractivity contribution is 8.00. The molecule has 0 saturated carbocycles. The van der Waals surface area contributed by atoms with Crippen LogP contribution in [0.25, 0.3) is 17.2 Å². The van der Waals surface area contributed by atoms with Crippen molar-refractivity contribution in [2.24, 2.45) is 0 Å². The first-order chi connectivity index (χ1) is 23.4. The number of anilines is 2. The lowest BCUT2D eigenvalue weighted by molar-refractivity contribution is -0.115. The van der Waals surface area contributed by atoms with Crippen molar-refractivity contribution < 1.29 is 23.9 Å². The summed E-state index contributed by atoms with van der Waals surface area (Å²) in [6.07, 6.45) is 1.65. The molecule has 3 amide bonds. The molecule has 1 aliphatic rings. The highest BCUT2D eigenvalue weighted by Gasteiger charge is 2.18. The molecule has 1 aliphatic heterocycles. The van der Waals surface area contributed by atoms with Crippen LogP contribution in [0.15, 0.2) is 138 Å². The molecule has 3 N–H and O–H groups in total. The van der Waals surface area contributed by atoms with Gasteiger partial charge in [0.1, 0.15) is 18.9 Å². The monoisotopic (exact) mass is 655 g/mol. The number of thioether (sulfide) groups is 1. The molecule has 0 aliphatic carbocycles. The number of fused-ring (bicyclic) bond motifs is 1. The molecule has 0 bridgehead atoms. The van der Waals surface area contributed by atoms with E-state index in [1.54, 1.807) is 60.7 Å².